The van der Waals surface area contributed by atoms with Crippen molar-refractivity contribution in [2.75, 3.05) is 26.4 Å². The van der Waals surface area contributed by atoms with Crippen molar-refractivity contribution < 1.29 is 14.6 Å². The monoisotopic (exact) mass is 336 g/mol. The predicted octanol–water partition coefficient (Wildman–Crippen LogP) is 5.16. The van der Waals surface area contributed by atoms with E-state index in [2.05, 4.69) is 39.8 Å². The Morgan fingerprint density at radius 1 is 0.917 bits per heavy atom. The number of unbranched alkanes of at least 4 members (excludes halogenated alkanes) is 2. The van der Waals surface area contributed by atoms with E-state index < -0.39 is 0 Å². The van der Waals surface area contributed by atoms with Crippen molar-refractivity contribution in [3.05, 3.63) is 28.8 Å². The fourth-order valence-electron chi connectivity index (χ4n) is 3.08. The fourth-order valence-corrected chi connectivity index (χ4v) is 3.08. The third-order valence-electron chi connectivity index (χ3n) is 4.58. The highest BCUT2D eigenvalue weighted by atomic mass is 16.5. The molecule has 1 aromatic rings. The molecule has 0 aromatic heterocycles. The van der Waals surface area contributed by atoms with Gasteiger partial charge in [-0.3, -0.25) is 0 Å². The Hall–Kier alpha value is -1.06. The van der Waals surface area contributed by atoms with Gasteiger partial charge in [-0.05, 0) is 55.4 Å². The molecule has 0 heterocycles. The Balaban J connectivity index is 2.84. The number of hydrogen-bond donors (Lipinski definition) is 1. The van der Waals surface area contributed by atoms with E-state index in [0.717, 1.165) is 5.75 Å². The Morgan fingerprint density at radius 2 is 1.67 bits per heavy atom. The lowest BCUT2D eigenvalue weighted by Gasteiger charge is -2.22. The summed E-state index contributed by atoms with van der Waals surface area (Å²) < 4.78 is 11.4. The van der Waals surface area contributed by atoms with E-state index in [-0.39, 0.29) is 6.61 Å². The summed E-state index contributed by atoms with van der Waals surface area (Å²) in [5.74, 6) is 1.59. The van der Waals surface area contributed by atoms with Crippen LogP contribution < -0.4 is 4.74 Å². The van der Waals surface area contributed by atoms with Crippen LogP contribution in [-0.2, 0) is 4.74 Å². The second-order valence-corrected chi connectivity index (χ2v) is 6.64. The van der Waals surface area contributed by atoms with E-state index in [9.17, 15) is 0 Å². The zero-order valence-electron chi connectivity index (χ0n) is 16.1. The molecule has 0 saturated carbocycles. The second-order valence-electron chi connectivity index (χ2n) is 6.64. The molecule has 1 aromatic carbocycles. The summed E-state index contributed by atoms with van der Waals surface area (Å²) in [6.45, 7) is 10.3. The number of benzene rings is 1. The van der Waals surface area contributed by atoms with Crippen molar-refractivity contribution in [2.24, 2.45) is 0 Å². The number of aryl methyl sites for hydroxylation is 2. The molecule has 24 heavy (non-hydrogen) atoms. The van der Waals surface area contributed by atoms with Crippen molar-refractivity contribution in [2.45, 2.75) is 72.1 Å². The van der Waals surface area contributed by atoms with Crippen molar-refractivity contribution in [3.63, 3.8) is 0 Å². The molecule has 0 amide bonds. The summed E-state index contributed by atoms with van der Waals surface area (Å²) >= 11 is 0. The van der Waals surface area contributed by atoms with Gasteiger partial charge in [0, 0.05) is 0 Å². The standard InChI is InChI=1S/C21H36O3/c1-5-7-8-10-19(9-6-2)20-15-17(3)18(4)16-21(20)24-14-13-23-12-11-22/h15-16,19,22H,5-14H2,1-4H3. The molecule has 0 aliphatic carbocycles. The van der Waals surface area contributed by atoms with Crippen LogP contribution in [0.1, 0.15) is 75.0 Å². The van der Waals surface area contributed by atoms with Gasteiger partial charge in [-0.1, -0.05) is 45.6 Å². The van der Waals surface area contributed by atoms with Crippen LogP contribution in [-0.4, -0.2) is 31.5 Å². The largest absolute Gasteiger partial charge is 0.491 e. The van der Waals surface area contributed by atoms with Crippen LogP contribution in [0.4, 0.5) is 0 Å². The van der Waals surface area contributed by atoms with Gasteiger partial charge in [-0.15, -0.1) is 0 Å². The molecule has 1 unspecified atom stereocenters. The van der Waals surface area contributed by atoms with E-state index in [1.807, 2.05) is 0 Å². The van der Waals surface area contributed by atoms with Crippen LogP contribution in [0.25, 0.3) is 0 Å². The normalized spacial score (nSPS) is 12.4. The first-order valence-electron chi connectivity index (χ1n) is 9.56. The number of aliphatic hydroxyl groups excluding tert-OH is 1. The molecule has 1 N–H and O–H groups in total. The molecule has 0 aliphatic heterocycles. The van der Waals surface area contributed by atoms with Crippen LogP contribution >= 0.6 is 0 Å². The van der Waals surface area contributed by atoms with Gasteiger partial charge in [0.25, 0.3) is 0 Å². The molecule has 1 atom stereocenters. The first-order valence-corrected chi connectivity index (χ1v) is 9.56. The van der Waals surface area contributed by atoms with Crippen LogP contribution in [0, 0.1) is 13.8 Å². The van der Waals surface area contributed by atoms with Gasteiger partial charge in [-0.25, -0.2) is 0 Å². The highest BCUT2D eigenvalue weighted by Gasteiger charge is 2.17. The Bertz CT molecular complexity index is 457. The van der Waals surface area contributed by atoms with E-state index in [0.29, 0.717) is 25.7 Å². The number of aliphatic hydroxyl groups is 1. The van der Waals surface area contributed by atoms with Gasteiger partial charge >= 0.3 is 0 Å². The molecule has 3 nitrogen and oxygen atoms in total. The lowest BCUT2D eigenvalue weighted by Crippen LogP contribution is -2.11. The quantitative estimate of drug-likeness (QED) is 0.506. The Morgan fingerprint density at radius 3 is 2.33 bits per heavy atom. The Labute approximate surface area is 148 Å². The first kappa shape index (κ1) is 21.0. The van der Waals surface area contributed by atoms with Crippen molar-refractivity contribution in [1.29, 1.82) is 0 Å². The van der Waals surface area contributed by atoms with Gasteiger partial charge in [-0.2, -0.15) is 0 Å². The van der Waals surface area contributed by atoms with E-state index in [1.54, 1.807) is 0 Å². The lowest BCUT2D eigenvalue weighted by atomic mass is 9.87. The fraction of sp³-hybridized carbons (Fsp3) is 0.714. The molecule has 0 spiro atoms. The Kier molecular flexibility index (Phi) is 10.8. The topological polar surface area (TPSA) is 38.7 Å². The predicted molar refractivity (Wildman–Crippen MR) is 101 cm³/mol. The molecule has 0 saturated heterocycles. The molecule has 0 aliphatic rings. The van der Waals surface area contributed by atoms with Crippen molar-refractivity contribution >= 4 is 0 Å². The van der Waals surface area contributed by atoms with Gasteiger partial charge < -0.3 is 14.6 Å². The highest BCUT2D eigenvalue weighted by Crippen LogP contribution is 2.36. The number of ether oxygens (including phenoxy) is 2. The molecular weight excluding hydrogens is 300 g/mol. The highest BCUT2D eigenvalue weighted by molar-refractivity contribution is 5.43. The van der Waals surface area contributed by atoms with Crippen LogP contribution in [0.15, 0.2) is 12.1 Å². The minimum absolute atomic E-state index is 0.0604. The molecule has 0 fully saturated rings. The van der Waals surface area contributed by atoms with Crippen LogP contribution in [0.5, 0.6) is 5.75 Å². The summed E-state index contributed by atoms with van der Waals surface area (Å²) in [5, 5.41) is 8.76. The van der Waals surface area contributed by atoms with Gasteiger partial charge in [0.05, 0.1) is 19.8 Å². The zero-order valence-corrected chi connectivity index (χ0v) is 16.1. The third kappa shape index (κ3) is 7.23. The maximum atomic E-state index is 8.76. The average molecular weight is 337 g/mol. The lowest BCUT2D eigenvalue weighted by molar-refractivity contribution is 0.0702. The molecule has 0 bridgehead atoms. The summed E-state index contributed by atoms with van der Waals surface area (Å²) in [6, 6.07) is 4.50. The van der Waals surface area contributed by atoms with Gasteiger partial charge in [0.15, 0.2) is 0 Å². The zero-order chi connectivity index (χ0) is 17.8. The van der Waals surface area contributed by atoms with E-state index in [1.165, 1.54) is 55.2 Å². The summed E-state index contributed by atoms with van der Waals surface area (Å²) in [6.07, 6.45) is 7.49. The van der Waals surface area contributed by atoms with E-state index >= 15 is 0 Å². The maximum absolute atomic E-state index is 8.76. The van der Waals surface area contributed by atoms with Gasteiger partial charge in [0.1, 0.15) is 12.4 Å². The number of hydrogen-bond acceptors (Lipinski definition) is 3. The SMILES string of the molecule is CCCCCC(CCC)c1cc(C)c(C)cc1OCCOCCO. The van der Waals surface area contributed by atoms with Crippen LogP contribution in [0.2, 0.25) is 0 Å². The van der Waals surface area contributed by atoms with E-state index in [4.69, 9.17) is 14.6 Å². The molecule has 0 radical (unpaired) electrons. The summed E-state index contributed by atoms with van der Waals surface area (Å²) in [4.78, 5) is 0. The molecule has 3 heteroatoms. The molecular formula is C21H36O3. The van der Waals surface area contributed by atoms with Crippen molar-refractivity contribution in [1.82, 2.24) is 0 Å². The first-order chi connectivity index (χ1) is 11.6. The average Bonchev–Trinajstić information content (AvgIpc) is 2.57. The molecule has 1 rings (SSSR count). The summed E-state index contributed by atoms with van der Waals surface area (Å²) in [7, 11) is 0. The molecule has 138 valence electrons. The minimum atomic E-state index is 0.0604. The summed E-state index contributed by atoms with van der Waals surface area (Å²) in [5.41, 5.74) is 3.97. The van der Waals surface area contributed by atoms with Crippen molar-refractivity contribution in [3.8, 4) is 5.75 Å². The van der Waals surface area contributed by atoms with Crippen LogP contribution in [0.3, 0.4) is 0 Å². The minimum Gasteiger partial charge on any atom is -0.491 e. The number of rotatable bonds is 13. The third-order valence-corrected chi connectivity index (χ3v) is 4.58. The maximum Gasteiger partial charge on any atom is 0.123 e. The van der Waals surface area contributed by atoms with Gasteiger partial charge in [0.2, 0.25) is 0 Å². The smallest absolute Gasteiger partial charge is 0.123 e. The second kappa shape index (κ2) is 12.3.